The molecule has 0 amide bonds. The fourth-order valence-electron chi connectivity index (χ4n) is 2.48. The van der Waals surface area contributed by atoms with E-state index in [0.717, 1.165) is 0 Å². The molecule has 1 aliphatic heterocycles. The summed E-state index contributed by atoms with van der Waals surface area (Å²) in [6, 6.07) is 27.3. The molecule has 3 aromatic heterocycles. The molecule has 2 aromatic carbocycles. The van der Waals surface area contributed by atoms with Crippen LogP contribution in [0.1, 0.15) is 5.56 Å². The molecule has 0 N–H and O–H groups in total. The van der Waals surface area contributed by atoms with Crippen molar-refractivity contribution in [2.24, 2.45) is 0 Å². The maximum absolute atomic E-state index is 2.22. The summed E-state index contributed by atoms with van der Waals surface area (Å²) in [4.78, 5) is 1.48. The Hall–Kier alpha value is -1.85. The van der Waals surface area contributed by atoms with Crippen molar-refractivity contribution < 1.29 is 0 Å². The number of fused-ring (bicyclic) bond motifs is 2. The molecule has 5 aromatic rings. The summed E-state index contributed by atoms with van der Waals surface area (Å²) in [5, 5.41) is 11.6. The Morgan fingerprint density at radius 2 is 1.21 bits per heavy atom. The van der Waals surface area contributed by atoms with Gasteiger partial charge in [-0.15, -0.1) is 23.1 Å². The van der Waals surface area contributed by atoms with Crippen LogP contribution in [0.15, 0.2) is 111 Å². The number of thiophene rings is 3. The van der Waals surface area contributed by atoms with E-state index in [4.69, 9.17) is 0 Å². The Morgan fingerprint density at radius 3 is 1.82 bits per heavy atom. The first-order valence-corrected chi connectivity index (χ1v) is 12.8. The monoisotopic (exact) mass is 438 g/mol. The average Bonchev–Trinajstić information content (AvgIpc) is 3.56. The Morgan fingerprint density at radius 1 is 0.571 bits per heavy atom. The zero-order valence-electron chi connectivity index (χ0n) is 15.4. The number of benzene rings is 2. The van der Waals surface area contributed by atoms with Crippen molar-refractivity contribution in [1.82, 2.24) is 0 Å². The van der Waals surface area contributed by atoms with E-state index in [-0.39, 0.29) is 0 Å². The molecule has 0 bridgehead atoms. The van der Waals surface area contributed by atoms with Crippen molar-refractivity contribution in [2.75, 3.05) is 5.75 Å². The first-order valence-electron chi connectivity index (χ1n) is 9.01. The smallest absolute Gasteiger partial charge is 0.0342 e. The van der Waals surface area contributed by atoms with Crippen molar-refractivity contribution in [3.05, 3.63) is 111 Å². The molecule has 28 heavy (non-hydrogen) atoms. The summed E-state index contributed by atoms with van der Waals surface area (Å²) in [7, 11) is 0. The molecule has 0 saturated heterocycles. The minimum Gasteiger partial charge on any atom is -0.152 e. The van der Waals surface area contributed by atoms with Crippen LogP contribution < -0.4 is 0 Å². The third kappa shape index (κ3) is 7.28. The Labute approximate surface area is 183 Å². The van der Waals surface area contributed by atoms with E-state index < -0.39 is 0 Å². The lowest BCUT2D eigenvalue weighted by atomic mass is 10.2. The lowest BCUT2D eigenvalue weighted by Crippen LogP contribution is -1.76. The highest BCUT2D eigenvalue weighted by molar-refractivity contribution is 7.99. The molecule has 0 nitrogen and oxygen atoms in total. The predicted molar refractivity (Wildman–Crippen MR) is 131 cm³/mol. The van der Waals surface area contributed by atoms with Crippen LogP contribution in [-0.2, 0) is 6.42 Å². The van der Waals surface area contributed by atoms with Crippen molar-refractivity contribution in [3.63, 3.8) is 0 Å². The highest BCUT2D eigenvalue weighted by atomic mass is 32.2. The van der Waals surface area contributed by atoms with Gasteiger partial charge in [-0.2, -0.15) is 22.7 Å². The number of thioether (sulfide) groups is 1. The molecule has 0 radical (unpaired) electrons. The van der Waals surface area contributed by atoms with Crippen LogP contribution >= 0.6 is 45.8 Å². The first-order chi connectivity index (χ1) is 13.9. The summed E-state index contributed by atoms with van der Waals surface area (Å²) in [5.41, 5.74) is 1.53. The Balaban J connectivity index is 0.000000112. The highest BCUT2D eigenvalue weighted by Crippen LogP contribution is 2.30. The standard InChI is InChI=1S/C8H8S.C8H6S.2C4H4S/c2*1-2-4-8-7(3-1)5-6-9-8;2*1-2-4-5-3-1/h1-4H,5-6H2;1-6H;2*1-4H. The topological polar surface area (TPSA) is 0 Å². The van der Waals surface area contributed by atoms with Gasteiger partial charge in [0.15, 0.2) is 0 Å². The minimum atomic E-state index is 1.26. The molecule has 6 rings (SSSR count). The first kappa shape index (κ1) is 20.9. The largest absolute Gasteiger partial charge is 0.152 e. The summed E-state index contributed by atoms with van der Waals surface area (Å²) in [6.45, 7) is 0. The lowest BCUT2D eigenvalue weighted by molar-refractivity contribution is 1.15. The molecular formula is C24H22S4. The second kappa shape index (κ2) is 12.6. The van der Waals surface area contributed by atoms with Crippen LogP contribution in [0.3, 0.4) is 0 Å². The quantitative estimate of drug-likeness (QED) is 0.233. The van der Waals surface area contributed by atoms with E-state index in [9.17, 15) is 0 Å². The molecular weight excluding hydrogens is 417 g/mol. The van der Waals surface area contributed by atoms with E-state index >= 15 is 0 Å². The van der Waals surface area contributed by atoms with E-state index in [0.29, 0.717) is 0 Å². The van der Waals surface area contributed by atoms with E-state index in [1.807, 2.05) is 57.5 Å². The van der Waals surface area contributed by atoms with Crippen molar-refractivity contribution in [2.45, 2.75) is 11.3 Å². The molecule has 0 saturated carbocycles. The predicted octanol–water partition coefficient (Wildman–Crippen LogP) is 8.73. The van der Waals surface area contributed by atoms with Crippen molar-refractivity contribution in [3.8, 4) is 0 Å². The normalized spacial score (nSPS) is 11.1. The SMILES string of the molecule is c1ccc2c(c1)CCS2.c1ccc2sccc2c1.c1ccsc1.c1ccsc1. The molecule has 0 atom stereocenters. The van der Waals surface area contributed by atoms with Gasteiger partial charge >= 0.3 is 0 Å². The molecule has 0 aliphatic carbocycles. The zero-order chi connectivity index (χ0) is 19.3. The van der Waals surface area contributed by atoms with Gasteiger partial charge in [-0.3, -0.25) is 0 Å². The van der Waals surface area contributed by atoms with Crippen molar-refractivity contribution in [1.29, 1.82) is 0 Å². The molecule has 0 spiro atoms. The maximum Gasteiger partial charge on any atom is 0.0342 e. The molecule has 4 heterocycles. The summed E-state index contributed by atoms with van der Waals surface area (Å²) in [5.74, 6) is 1.28. The summed E-state index contributed by atoms with van der Waals surface area (Å²) < 4.78 is 1.37. The number of hydrogen-bond acceptors (Lipinski definition) is 4. The van der Waals surface area contributed by atoms with Gasteiger partial charge in [0.25, 0.3) is 0 Å². The number of rotatable bonds is 0. The van der Waals surface area contributed by atoms with Crippen LogP contribution in [0.2, 0.25) is 0 Å². The molecule has 1 aliphatic rings. The van der Waals surface area contributed by atoms with Crippen LogP contribution in [0.25, 0.3) is 10.1 Å². The van der Waals surface area contributed by atoms with Crippen LogP contribution in [0.4, 0.5) is 0 Å². The Kier molecular flexibility index (Phi) is 9.38. The maximum atomic E-state index is 2.22. The third-order valence-electron chi connectivity index (χ3n) is 3.81. The van der Waals surface area contributed by atoms with E-state index in [1.54, 1.807) is 34.0 Å². The van der Waals surface area contributed by atoms with E-state index in [2.05, 4.69) is 60.0 Å². The van der Waals surface area contributed by atoms with Gasteiger partial charge in [0.1, 0.15) is 0 Å². The van der Waals surface area contributed by atoms with Gasteiger partial charge in [-0.05, 0) is 62.5 Å². The fourth-order valence-corrected chi connectivity index (χ4v) is 5.25. The third-order valence-corrected chi connectivity index (χ3v) is 7.09. The second-order valence-electron chi connectivity index (χ2n) is 5.75. The molecule has 0 unspecified atom stereocenters. The van der Waals surface area contributed by atoms with E-state index in [1.165, 1.54) is 32.7 Å². The van der Waals surface area contributed by atoms with Gasteiger partial charge in [0.05, 0.1) is 0 Å². The van der Waals surface area contributed by atoms with Gasteiger partial charge in [-0.1, -0.05) is 60.7 Å². The van der Waals surface area contributed by atoms with Crippen LogP contribution in [-0.4, -0.2) is 5.75 Å². The fraction of sp³-hybridized carbons (Fsp3) is 0.0833. The highest BCUT2D eigenvalue weighted by Gasteiger charge is 2.08. The summed E-state index contributed by atoms with van der Waals surface area (Å²) in [6.07, 6.45) is 1.26. The molecule has 0 fully saturated rings. The van der Waals surface area contributed by atoms with Crippen molar-refractivity contribution >= 4 is 55.9 Å². The van der Waals surface area contributed by atoms with Gasteiger partial charge in [0, 0.05) is 15.3 Å². The summed E-state index contributed by atoms with van der Waals surface area (Å²) >= 11 is 7.18. The second-order valence-corrected chi connectivity index (χ2v) is 9.47. The molecule has 4 heteroatoms. The van der Waals surface area contributed by atoms with Crippen LogP contribution in [0, 0.1) is 0 Å². The Bertz CT molecular complexity index is 884. The average molecular weight is 439 g/mol. The van der Waals surface area contributed by atoms with Crippen LogP contribution in [0.5, 0.6) is 0 Å². The van der Waals surface area contributed by atoms with Gasteiger partial charge in [-0.25, -0.2) is 0 Å². The minimum absolute atomic E-state index is 1.26. The number of aryl methyl sites for hydroxylation is 1. The number of hydrogen-bond donors (Lipinski definition) is 0. The zero-order valence-corrected chi connectivity index (χ0v) is 18.7. The molecule has 142 valence electrons. The lowest BCUT2D eigenvalue weighted by Gasteiger charge is -1.92. The van der Waals surface area contributed by atoms with Gasteiger partial charge in [0.2, 0.25) is 0 Å². The van der Waals surface area contributed by atoms with Gasteiger partial charge < -0.3 is 0 Å².